The highest BCUT2D eigenvalue weighted by molar-refractivity contribution is 7.84. The third kappa shape index (κ3) is 6.05. The van der Waals surface area contributed by atoms with Crippen LogP contribution in [0.3, 0.4) is 0 Å². The average Bonchev–Trinajstić information content (AvgIpc) is 3.31. The molecule has 0 aliphatic heterocycles. The molecule has 0 unspecified atom stereocenters. The summed E-state index contributed by atoms with van der Waals surface area (Å²) in [5, 5.41) is 22.8. The van der Waals surface area contributed by atoms with E-state index in [0.717, 1.165) is 11.3 Å². The Kier molecular flexibility index (Phi) is 7.66. The third-order valence-electron chi connectivity index (χ3n) is 5.91. The maximum absolute atomic E-state index is 14.8. The SMILES string of the molecule is Cc1cc(C(=O)c2cncnc2N[C@@H]2C[C@H](COS(N)(=O)=O)[C@@H](O)[C@@H]2F)nn1Cc1cccc(Cl)c1. The monoisotopic (exact) mass is 538 g/mol. The van der Waals surface area contributed by atoms with Crippen LogP contribution >= 0.6 is 11.6 Å². The van der Waals surface area contributed by atoms with Crippen molar-refractivity contribution in [3.63, 3.8) is 0 Å². The second kappa shape index (κ2) is 10.6. The molecule has 1 aromatic carbocycles. The molecular formula is C22H24ClFN6O5S. The number of ketones is 1. The van der Waals surface area contributed by atoms with Crippen LogP contribution in [0.25, 0.3) is 0 Å². The van der Waals surface area contributed by atoms with Crippen LogP contribution in [-0.4, -0.2) is 64.0 Å². The first kappa shape index (κ1) is 26.1. The number of aliphatic hydroxyl groups is 1. The van der Waals surface area contributed by atoms with Crippen LogP contribution in [0.5, 0.6) is 0 Å². The zero-order valence-electron chi connectivity index (χ0n) is 19.1. The van der Waals surface area contributed by atoms with Gasteiger partial charge >= 0.3 is 10.3 Å². The lowest BCUT2D eigenvalue weighted by molar-refractivity contribution is 0.0501. The van der Waals surface area contributed by atoms with Crippen molar-refractivity contribution in [1.82, 2.24) is 19.7 Å². The minimum atomic E-state index is -4.24. The molecule has 0 spiro atoms. The van der Waals surface area contributed by atoms with E-state index >= 15 is 0 Å². The summed E-state index contributed by atoms with van der Waals surface area (Å²) in [6.45, 7) is 1.74. The Balaban J connectivity index is 1.51. The van der Waals surface area contributed by atoms with E-state index in [-0.39, 0.29) is 23.5 Å². The number of benzene rings is 1. The summed E-state index contributed by atoms with van der Waals surface area (Å²) in [6, 6.07) is 7.96. The van der Waals surface area contributed by atoms with Crippen LogP contribution in [0.15, 0.2) is 42.9 Å². The summed E-state index contributed by atoms with van der Waals surface area (Å²) in [6.07, 6.45) is -0.750. The third-order valence-corrected chi connectivity index (χ3v) is 6.61. The Hall–Kier alpha value is -2.97. The van der Waals surface area contributed by atoms with E-state index in [2.05, 4.69) is 24.6 Å². The molecule has 0 amide bonds. The topological polar surface area (TPSA) is 162 Å². The number of rotatable bonds is 9. The molecule has 36 heavy (non-hydrogen) atoms. The van der Waals surface area contributed by atoms with Gasteiger partial charge in [0.15, 0.2) is 0 Å². The molecule has 2 heterocycles. The molecule has 0 saturated heterocycles. The van der Waals surface area contributed by atoms with Crippen LogP contribution in [0.4, 0.5) is 10.2 Å². The van der Waals surface area contributed by atoms with Crippen LogP contribution < -0.4 is 10.5 Å². The van der Waals surface area contributed by atoms with E-state index < -0.39 is 46.9 Å². The summed E-state index contributed by atoms with van der Waals surface area (Å²) in [7, 11) is -4.24. The fourth-order valence-electron chi connectivity index (χ4n) is 4.09. The first-order valence-corrected chi connectivity index (χ1v) is 12.8. The minimum absolute atomic E-state index is 0.0167. The Bertz CT molecular complexity index is 1370. The highest BCUT2D eigenvalue weighted by Gasteiger charge is 2.44. The van der Waals surface area contributed by atoms with Gasteiger partial charge in [-0.3, -0.25) is 13.7 Å². The quantitative estimate of drug-likeness (QED) is 0.344. The summed E-state index contributed by atoms with van der Waals surface area (Å²) in [5.74, 6) is -1.25. The Morgan fingerprint density at radius 1 is 1.39 bits per heavy atom. The molecule has 4 N–H and O–H groups in total. The van der Waals surface area contributed by atoms with Gasteiger partial charge in [0.2, 0.25) is 5.78 Å². The molecule has 1 aliphatic rings. The number of carbonyl (C=O) groups excluding carboxylic acids is 1. The van der Waals surface area contributed by atoms with Gasteiger partial charge in [-0.1, -0.05) is 23.7 Å². The molecule has 11 nitrogen and oxygen atoms in total. The van der Waals surface area contributed by atoms with Gasteiger partial charge in [0.05, 0.1) is 30.9 Å². The van der Waals surface area contributed by atoms with E-state index in [4.69, 9.17) is 16.7 Å². The summed E-state index contributed by atoms with van der Waals surface area (Å²) in [4.78, 5) is 21.3. The van der Waals surface area contributed by atoms with Crippen LogP contribution in [0.2, 0.25) is 5.02 Å². The number of anilines is 1. The van der Waals surface area contributed by atoms with E-state index in [1.165, 1.54) is 12.5 Å². The van der Waals surface area contributed by atoms with Gasteiger partial charge in [-0.25, -0.2) is 19.5 Å². The Morgan fingerprint density at radius 3 is 2.89 bits per heavy atom. The van der Waals surface area contributed by atoms with Crippen LogP contribution in [-0.2, 0) is 21.0 Å². The van der Waals surface area contributed by atoms with Gasteiger partial charge in [0, 0.05) is 22.8 Å². The smallest absolute Gasteiger partial charge is 0.333 e. The highest BCUT2D eigenvalue weighted by Crippen LogP contribution is 2.32. The number of alkyl halides is 1. The fraction of sp³-hybridized carbons (Fsp3) is 0.364. The molecule has 0 bridgehead atoms. The molecular weight excluding hydrogens is 515 g/mol. The van der Waals surface area contributed by atoms with Gasteiger partial charge in [-0.15, -0.1) is 0 Å². The van der Waals surface area contributed by atoms with Gasteiger partial charge in [-0.05, 0) is 37.1 Å². The fourth-order valence-corrected chi connectivity index (χ4v) is 4.67. The van der Waals surface area contributed by atoms with E-state index in [1.807, 2.05) is 25.1 Å². The zero-order chi connectivity index (χ0) is 26.0. The number of nitrogens with zero attached hydrogens (tertiary/aromatic N) is 4. The average molecular weight is 539 g/mol. The van der Waals surface area contributed by atoms with Gasteiger partial charge in [0.1, 0.15) is 24.0 Å². The van der Waals surface area contributed by atoms with E-state index in [1.54, 1.807) is 16.8 Å². The number of halogens is 2. The normalized spacial score (nSPS) is 22.0. The number of aliphatic hydroxyl groups excluding tert-OH is 1. The van der Waals surface area contributed by atoms with E-state index in [9.17, 15) is 22.7 Å². The number of nitrogens with two attached hydrogens (primary N) is 1. The largest absolute Gasteiger partial charge is 0.390 e. The molecule has 1 fully saturated rings. The van der Waals surface area contributed by atoms with Crippen molar-refractivity contribution < 1.29 is 26.9 Å². The molecule has 1 saturated carbocycles. The Labute approximate surface area is 211 Å². The summed E-state index contributed by atoms with van der Waals surface area (Å²) in [5.41, 5.74) is 1.86. The van der Waals surface area contributed by atoms with E-state index in [0.29, 0.717) is 11.6 Å². The zero-order valence-corrected chi connectivity index (χ0v) is 20.7. The first-order valence-electron chi connectivity index (χ1n) is 10.9. The van der Waals surface area contributed by atoms with Crippen LogP contribution in [0.1, 0.15) is 33.7 Å². The lowest BCUT2D eigenvalue weighted by atomic mass is 10.1. The molecule has 4 atom stereocenters. The molecule has 2 aromatic heterocycles. The molecule has 0 radical (unpaired) electrons. The number of hydrogen-bond donors (Lipinski definition) is 3. The maximum Gasteiger partial charge on any atom is 0.333 e. The number of aromatic nitrogens is 4. The van der Waals surface area contributed by atoms with Crippen molar-refractivity contribution in [2.45, 2.75) is 38.2 Å². The molecule has 1 aliphatic carbocycles. The Morgan fingerprint density at radius 2 is 2.17 bits per heavy atom. The van der Waals surface area contributed by atoms with Crippen molar-refractivity contribution in [3.05, 3.63) is 70.4 Å². The molecule has 14 heteroatoms. The highest BCUT2D eigenvalue weighted by atomic mass is 35.5. The first-order chi connectivity index (χ1) is 17.0. The van der Waals surface area contributed by atoms with Crippen molar-refractivity contribution >= 4 is 33.5 Å². The lowest BCUT2D eigenvalue weighted by Crippen LogP contribution is -2.33. The van der Waals surface area contributed by atoms with Gasteiger partial charge in [-0.2, -0.15) is 13.5 Å². The minimum Gasteiger partial charge on any atom is -0.390 e. The predicted molar refractivity (Wildman–Crippen MR) is 128 cm³/mol. The second-order valence-electron chi connectivity index (χ2n) is 8.53. The van der Waals surface area contributed by atoms with Crippen LogP contribution in [0, 0.1) is 12.8 Å². The van der Waals surface area contributed by atoms with Crippen molar-refractivity contribution in [2.24, 2.45) is 11.1 Å². The standard InChI is InChI=1S/C22H24ClFN6O5S/c1-12-5-18(29-30(12)9-13-3-2-4-15(23)6-13)21(32)16-8-26-11-27-22(16)28-17-7-14(20(31)19(17)24)10-35-36(25,33)34/h2-6,8,11,14,17,19-20,31H,7,9-10H2,1H3,(H2,25,33,34)(H,26,27,28)/t14-,17-,19-,20-/m1/s1. The van der Waals surface area contributed by atoms with Gasteiger partial charge in [0.25, 0.3) is 0 Å². The number of aryl methyl sites for hydroxylation is 1. The second-order valence-corrected chi connectivity index (χ2v) is 10.2. The van der Waals surface area contributed by atoms with Crippen molar-refractivity contribution in [1.29, 1.82) is 0 Å². The number of nitrogens with one attached hydrogen (secondary N) is 1. The maximum atomic E-state index is 14.8. The summed E-state index contributed by atoms with van der Waals surface area (Å²) >= 11 is 6.05. The summed E-state index contributed by atoms with van der Waals surface area (Å²) < 4.78 is 43.0. The molecule has 192 valence electrons. The van der Waals surface area contributed by atoms with Gasteiger partial charge < -0.3 is 10.4 Å². The predicted octanol–water partition coefficient (Wildman–Crippen LogP) is 1.63. The number of carbonyl (C=O) groups is 1. The lowest BCUT2D eigenvalue weighted by Gasteiger charge is -2.18. The van der Waals surface area contributed by atoms with Crippen molar-refractivity contribution in [3.8, 4) is 0 Å². The molecule has 4 rings (SSSR count). The molecule has 3 aromatic rings. The number of hydrogen-bond acceptors (Lipinski definition) is 9. The van der Waals surface area contributed by atoms with Crippen molar-refractivity contribution in [2.75, 3.05) is 11.9 Å².